The maximum Gasteiger partial charge on any atom is 0.287 e. The van der Waals surface area contributed by atoms with Gasteiger partial charge in [0.2, 0.25) is 0 Å². The van der Waals surface area contributed by atoms with E-state index < -0.39 is 10.1 Å². The van der Waals surface area contributed by atoms with Crippen molar-refractivity contribution in [1.29, 1.82) is 0 Å². The Hall–Kier alpha value is -0.350. The Morgan fingerprint density at radius 2 is 2.00 bits per heavy atom. The highest BCUT2D eigenvalue weighted by atomic mass is 32.2. The van der Waals surface area contributed by atoms with Crippen LogP contribution in [-0.2, 0) is 10.1 Å². The summed E-state index contributed by atoms with van der Waals surface area (Å²) < 4.78 is 27.3. The Kier molecular flexibility index (Phi) is 1.98. The fraction of sp³-hybridized carbons (Fsp3) is 0.333. The lowest BCUT2D eigenvalue weighted by Crippen LogP contribution is -1.87. The second-order valence-corrected chi connectivity index (χ2v) is 2.29. The summed E-state index contributed by atoms with van der Waals surface area (Å²) in [6.45, 7) is 1.51. The standard InChI is InChI=1S/C3H6O3S/c1-2-3-7(4,5)6/h2-3H,1H3,(H,4,5,6). The van der Waals surface area contributed by atoms with Crippen LogP contribution < -0.4 is 0 Å². The molecule has 4 heteroatoms. The Balaban J connectivity index is 4.13. The van der Waals surface area contributed by atoms with Crippen LogP contribution in [0, 0.1) is 0 Å². The second-order valence-electron chi connectivity index (χ2n) is 0.984. The molecule has 0 aromatic rings. The van der Waals surface area contributed by atoms with E-state index in [1.54, 1.807) is 0 Å². The van der Waals surface area contributed by atoms with E-state index in [1.807, 2.05) is 0 Å². The lowest BCUT2D eigenvalue weighted by molar-refractivity contribution is 0.494. The quantitative estimate of drug-likeness (QED) is 0.512. The average Bonchev–Trinajstić information content (AvgIpc) is 1.30. The van der Waals surface area contributed by atoms with E-state index in [4.69, 9.17) is 4.55 Å². The second kappa shape index (κ2) is 2.09. The van der Waals surface area contributed by atoms with Crippen molar-refractivity contribution < 1.29 is 13.0 Å². The highest BCUT2D eigenvalue weighted by Gasteiger charge is 1.90. The van der Waals surface area contributed by atoms with Crippen LogP contribution in [0.4, 0.5) is 0 Å². The third kappa shape index (κ3) is 5.65. The highest BCUT2D eigenvalue weighted by Crippen LogP contribution is 1.80. The predicted octanol–water partition coefficient (Wildman–Crippen LogP) is 0.408. The van der Waals surface area contributed by atoms with Crippen LogP contribution in [0.25, 0.3) is 0 Å². The smallest absolute Gasteiger partial charge is 0.282 e. The summed E-state index contributed by atoms with van der Waals surface area (Å²) in [6.07, 6.45) is 1.25. The van der Waals surface area contributed by atoms with Crippen LogP contribution in [0.15, 0.2) is 11.5 Å². The Labute approximate surface area is 42.4 Å². The van der Waals surface area contributed by atoms with Crippen LogP contribution in [0.3, 0.4) is 0 Å². The summed E-state index contributed by atoms with van der Waals surface area (Å²) in [5, 5.41) is 0.715. The van der Waals surface area contributed by atoms with Gasteiger partial charge in [-0.25, -0.2) is 0 Å². The van der Waals surface area contributed by atoms with Gasteiger partial charge in [0, 0.05) is 0 Å². The van der Waals surface area contributed by atoms with Gasteiger partial charge in [-0.15, -0.1) is 0 Å². The largest absolute Gasteiger partial charge is 0.287 e. The maximum atomic E-state index is 9.70. The fourth-order valence-corrected chi connectivity index (χ4v) is 0.516. The maximum absolute atomic E-state index is 9.70. The molecule has 0 heterocycles. The zero-order chi connectivity index (χ0) is 5.91. The van der Waals surface area contributed by atoms with Crippen LogP contribution in [0.5, 0.6) is 0 Å². The normalized spacial score (nSPS) is 12.9. The Morgan fingerprint density at radius 3 is 2.00 bits per heavy atom. The summed E-state index contributed by atoms with van der Waals surface area (Å²) in [6, 6.07) is 0. The topological polar surface area (TPSA) is 54.4 Å². The van der Waals surface area contributed by atoms with E-state index in [1.165, 1.54) is 13.0 Å². The van der Waals surface area contributed by atoms with E-state index in [2.05, 4.69) is 0 Å². The Bertz CT molecular complexity index is 153. The number of hydrogen-bond acceptors (Lipinski definition) is 2. The van der Waals surface area contributed by atoms with Crippen molar-refractivity contribution >= 4 is 10.1 Å². The molecule has 0 spiro atoms. The van der Waals surface area contributed by atoms with Gasteiger partial charge in [0.25, 0.3) is 10.1 Å². The van der Waals surface area contributed by atoms with E-state index in [-0.39, 0.29) is 0 Å². The molecule has 42 valence electrons. The van der Waals surface area contributed by atoms with Gasteiger partial charge in [-0.1, -0.05) is 6.08 Å². The van der Waals surface area contributed by atoms with E-state index in [9.17, 15) is 8.42 Å². The molecule has 0 rings (SSSR count). The van der Waals surface area contributed by atoms with Gasteiger partial charge in [0.05, 0.1) is 5.41 Å². The summed E-state index contributed by atoms with van der Waals surface area (Å²) in [7, 11) is -3.85. The molecule has 3 nitrogen and oxygen atoms in total. The summed E-state index contributed by atoms with van der Waals surface area (Å²) >= 11 is 0. The van der Waals surface area contributed by atoms with Gasteiger partial charge in [0.15, 0.2) is 0 Å². The van der Waals surface area contributed by atoms with Crippen molar-refractivity contribution in [2.24, 2.45) is 0 Å². The van der Waals surface area contributed by atoms with Crippen LogP contribution in [0.2, 0.25) is 0 Å². The van der Waals surface area contributed by atoms with Crippen molar-refractivity contribution in [2.45, 2.75) is 6.92 Å². The first-order chi connectivity index (χ1) is 3.06. The van der Waals surface area contributed by atoms with E-state index in [0.29, 0.717) is 5.41 Å². The first-order valence-corrected chi connectivity index (χ1v) is 3.17. The molecule has 0 aromatic heterocycles. The van der Waals surface area contributed by atoms with Gasteiger partial charge in [-0.2, -0.15) is 8.42 Å². The van der Waals surface area contributed by atoms with Gasteiger partial charge >= 0.3 is 0 Å². The van der Waals surface area contributed by atoms with Crippen molar-refractivity contribution in [3.05, 3.63) is 11.5 Å². The molecule has 0 atom stereocenters. The molecule has 1 N–H and O–H groups in total. The molecule has 0 aromatic carbocycles. The minimum Gasteiger partial charge on any atom is -0.282 e. The van der Waals surface area contributed by atoms with Gasteiger partial charge in [-0.3, -0.25) is 4.55 Å². The van der Waals surface area contributed by atoms with Crippen molar-refractivity contribution in [3.8, 4) is 0 Å². The van der Waals surface area contributed by atoms with Crippen molar-refractivity contribution in [2.75, 3.05) is 0 Å². The summed E-state index contributed by atoms with van der Waals surface area (Å²) in [5.74, 6) is 0. The zero-order valence-corrected chi connectivity index (χ0v) is 4.64. The molecular weight excluding hydrogens is 116 g/mol. The molecule has 0 saturated heterocycles. The SMILES string of the molecule is CC=CS(=O)(=O)O. The first-order valence-electron chi connectivity index (χ1n) is 1.66. The average molecular weight is 122 g/mol. The lowest BCUT2D eigenvalue weighted by Gasteiger charge is -1.76. The van der Waals surface area contributed by atoms with Crippen LogP contribution in [-0.4, -0.2) is 13.0 Å². The molecule has 0 fully saturated rings. The van der Waals surface area contributed by atoms with Crippen molar-refractivity contribution in [3.63, 3.8) is 0 Å². The molecule has 0 aliphatic carbocycles. The molecule has 0 aliphatic heterocycles. The van der Waals surface area contributed by atoms with Gasteiger partial charge < -0.3 is 0 Å². The lowest BCUT2D eigenvalue weighted by atomic mass is 10.8. The van der Waals surface area contributed by atoms with Crippen LogP contribution >= 0.6 is 0 Å². The molecule has 0 saturated carbocycles. The van der Waals surface area contributed by atoms with Gasteiger partial charge in [0.1, 0.15) is 0 Å². The summed E-state index contributed by atoms with van der Waals surface area (Å²) in [5.41, 5.74) is 0. The van der Waals surface area contributed by atoms with Crippen molar-refractivity contribution in [1.82, 2.24) is 0 Å². The number of allylic oxidation sites excluding steroid dienone is 1. The Morgan fingerprint density at radius 1 is 1.57 bits per heavy atom. The molecule has 0 aliphatic rings. The molecule has 0 radical (unpaired) electrons. The molecule has 0 amide bonds. The molecular formula is C3H6O3S. The highest BCUT2D eigenvalue weighted by molar-refractivity contribution is 7.88. The molecule has 0 unspecified atom stereocenters. The molecule has 0 bridgehead atoms. The summed E-state index contributed by atoms with van der Waals surface area (Å²) in [4.78, 5) is 0. The first kappa shape index (κ1) is 6.65. The predicted molar refractivity (Wildman–Crippen MR) is 26.4 cm³/mol. The third-order valence-corrected chi connectivity index (χ3v) is 0.924. The zero-order valence-electron chi connectivity index (χ0n) is 3.83. The minimum atomic E-state index is -3.85. The van der Waals surface area contributed by atoms with E-state index in [0.717, 1.165) is 0 Å². The molecule has 7 heavy (non-hydrogen) atoms. The van der Waals surface area contributed by atoms with Crippen LogP contribution in [0.1, 0.15) is 6.92 Å². The number of rotatable bonds is 1. The minimum absolute atomic E-state index is 0.715. The van der Waals surface area contributed by atoms with E-state index >= 15 is 0 Å². The van der Waals surface area contributed by atoms with Gasteiger partial charge in [-0.05, 0) is 6.92 Å². The number of hydrogen-bond donors (Lipinski definition) is 1. The third-order valence-electron chi connectivity index (χ3n) is 0.308. The monoisotopic (exact) mass is 122 g/mol. The fourth-order valence-electron chi connectivity index (χ4n) is 0.172.